The van der Waals surface area contributed by atoms with Crippen LogP contribution in [0.1, 0.15) is 47.5 Å². The molecule has 0 amide bonds. The van der Waals surface area contributed by atoms with Crippen LogP contribution in [0, 0.1) is 29.6 Å². The molecule has 0 heterocycles. The van der Waals surface area contributed by atoms with E-state index in [1.165, 1.54) is 12.8 Å². The van der Waals surface area contributed by atoms with E-state index in [0.717, 1.165) is 29.6 Å². The molecule has 0 aromatic rings. The van der Waals surface area contributed by atoms with Gasteiger partial charge in [0.2, 0.25) is 0 Å². The van der Waals surface area contributed by atoms with Gasteiger partial charge in [-0.15, -0.1) is 0 Å². The van der Waals surface area contributed by atoms with Gasteiger partial charge in [-0.2, -0.15) is 0 Å². The van der Waals surface area contributed by atoms with E-state index in [1.807, 2.05) is 0 Å². The Balaban J connectivity index is 2.51. The molecule has 0 nitrogen and oxygen atoms in total. The topological polar surface area (TPSA) is 0 Å². The lowest BCUT2D eigenvalue weighted by atomic mass is 9.79. The Morgan fingerprint density at radius 1 is 1.00 bits per heavy atom. The molecule has 0 N–H and O–H groups in total. The van der Waals surface area contributed by atoms with Gasteiger partial charge < -0.3 is 0 Å². The van der Waals surface area contributed by atoms with Crippen molar-refractivity contribution in [3.63, 3.8) is 0 Å². The maximum absolute atomic E-state index is 2.44. The average Bonchev–Trinajstić information content (AvgIpc) is 2.28. The molecule has 0 aromatic heterocycles. The molecule has 1 aliphatic carbocycles. The van der Waals surface area contributed by atoms with Gasteiger partial charge in [0.1, 0.15) is 0 Å². The van der Waals surface area contributed by atoms with E-state index in [4.69, 9.17) is 0 Å². The van der Waals surface area contributed by atoms with E-state index >= 15 is 0 Å². The number of rotatable bonds is 2. The Morgan fingerprint density at radius 3 is 1.92 bits per heavy atom. The van der Waals surface area contributed by atoms with Crippen LogP contribution in [-0.2, 0) is 0 Å². The molecule has 0 heteroatoms. The predicted molar refractivity (Wildman–Crippen MR) is 55.1 cm³/mol. The highest BCUT2D eigenvalue weighted by Gasteiger charge is 2.33. The normalized spacial score (nSPS) is 39.0. The molecule has 12 heavy (non-hydrogen) atoms. The molecule has 72 valence electrons. The van der Waals surface area contributed by atoms with Crippen LogP contribution >= 0.6 is 0 Å². The fraction of sp³-hybridized carbons (Fsp3) is 1.00. The lowest BCUT2D eigenvalue weighted by Gasteiger charge is -2.26. The second kappa shape index (κ2) is 3.81. The van der Waals surface area contributed by atoms with Crippen molar-refractivity contribution >= 4 is 0 Å². The maximum atomic E-state index is 2.44. The highest BCUT2D eigenvalue weighted by molar-refractivity contribution is 4.83. The summed E-state index contributed by atoms with van der Waals surface area (Å²) in [5.41, 5.74) is 0. The lowest BCUT2D eigenvalue weighted by molar-refractivity contribution is 0.231. The van der Waals surface area contributed by atoms with Crippen molar-refractivity contribution in [3.8, 4) is 0 Å². The molecule has 1 aliphatic rings. The highest BCUT2D eigenvalue weighted by atomic mass is 14.4. The second-order valence-corrected chi connectivity index (χ2v) is 5.32. The van der Waals surface area contributed by atoms with E-state index in [0.29, 0.717) is 0 Å². The van der Waals surface area contributed by atoms with Crippen molar-refractivity contribution in [1.29, 1.82) is 0 Å². The Hall–Kier alpha value is 0. The SMILES string of the molecule is CC1CC(C)C(C(C)C(C)C)C1. The fourth-order valence-corrected chi connectivity index (χ4v) is 2.83. The molecule has 1 fully saturated rings. The molecule has 1 rings (SSSR count). The number of hydrogen-bond donors (Lipinski definition) is 0. The third-order valence-electron chi connectivity index (χ3n) is 3.91. The summed E-state index contributed by atoms with van der Waals surface area (Å²) in [6.07, 6.45) is 2.93. The standard InChI is InChI=1S/C12H24/c1-8(2)11(5)12-7-9(3)6-10(12)4/h8-12H,6-7H2,1-5H3. The smallest absolute Gasteiger partial charge is 0.0358 e. The van der Waals surface area contributed by atoms with Gasteiger partial charge in [0.15, 0.2) is 0 Å². The first-order valence-electron chi connectivity index (χ1n) is 5.52. The average molecular weight is 168 g/mol. The van der Waals surface area contributed by atoms with E-state index in [-0.39, 0.29) is 0 Å². The summed E-state index contributed by atoms with van der Waals surface area (Å²) >= 11 is 0. The molecule has 0 aromatic carbocycles. The predicted octanol–water partition coefficient (Wildman–Crippen LogP) is 3.96. The summed E-state index contributed by atoms with van der Waals surface area (Å²) < 4.78 is 0. The fourth-order valence-electron chi connectivity index (χ4n) is 2.83. The van der Waals surface area contributed by atoms with Crippen LogP contribution < -0.4 is 0 Å². The van der Waals surface area contributed by atoms with Gasteiger partial charge in [-0.1, -0.05) is 34.6 Å². The minimum atomic E-state index is 0.864. The van der Waals surface area contributed by atoms with Gasteiger partial charge in [-0.25, -0.2) is 0 Å². The van der Waals surface area contributed by atoms with Crippen molar-refractivity contribution in [3.05, 3.63) is 0 Å². The van der Waals surface area contributed by atoms with Crippen LogP contribution in [0.2, 0.25) is 0 Å². The van der Waals surface area contributed by atoms with Gasteiger partial charge in [-0.3, -0.25) is 0 Å². The minimum Gasteiger partial charge on any atom is -0.0625 e. The maximum Gasteiger partial charge on any atom is -0.0358 e. The van der Waals surface area contributed by atoms with E-state index < -0.39 is 0 Å². The highest BCUT2D eigenvalue weighted by Crippen LogP contribution is 2.42. The van der Waals surface area contributed by atoms with Crippen molar-refractivity contribution in [2.24, 2.45) is 29.6 Å². The van der Waals surface area contributed by atoms with Crippen LogP contribution in [0.3, 0.4) is 0 Å². The van der Waals surface area contributed by atoms with Gasteiger partial charge in [-0.05, 0) is 42.4 Å². The summed E-state index contributed by atoms with van der Waals surface area (Å²) in [4.78, 5) is 0. The Kier molecular flexibility index (Phi) is 3.20. The second-order valence-electron chi connectivity index (χ2n) is 5.32. The van der Waals surface area contributed by atoms with E-state index in [9.17, 15) is 0 Å². The van der Waals surface area contributed by atoms with Gasteiger partial charge in [0.05, 0.1) is 0 Å². The summed E-state index contributed by atoms with van der Waals surface area (Å²) in [7, 11) is 0. The first kappa shape index (κ1) is 10.1. The molecule has 0 spiro atoms. The molecule has 0 aliphatic heterocycles. The molecule has 4 atom stereocenters. The van der Waals surface area contributed by atoms with Gasteiger partial charge >= 0.3 is 0 Å². The molecule has 0 bridgehead atoms. The molecule has 0 radical (unpaired) electrons. The molecular weight excluding hydrogens is 144 g/mol. The van der Waals surface area contributed by atoms with Gasteiger partial charge in [0, 0.05) is 0 Å². The first-order valence-corrected chi connectivity index (χ1v) is 5.52. The number of hydrogen-bond acceptors (Lipinski definition) is 0. The van der Waals surface area contributed by atoms with Crippen molar-refractivity contribution < 1.29 is 0 Å². The van der Waals surface area contributed by atoms with Crippen LogP contribution in [0.5, 0.6) is 0 Å². The molecule has 1 saturated carbocycles. The largest absolute Gasteiger partial charge is 0.0625 e. The summed E-state index contributed by atoms with van der Waals surface area (Å²) in [5, 5.41) is 0. The van der Waals surface area contributed by atoms with Crippen molar-refractivity contribution in [2.75, 3.05) is 0 Å². The summed E-state index contributed by atoms with van der Waals surface area (Å²) in [6.45, 7) is 12.0. The first-order chi connectivity index (χ1) is 5.52. The molecule has 4 unspecified atom stereocenters. The third kappa shape index (κ3) is 2.02. The van der Waals surface area contributed by atoms with Crippen molar-refractivity contribution in [2.45, 2.75) is 47.5 Å². The zero-order valence-corrected chi connectivity index (χ0v) is 9.30. The zero-order chi connectivity index (χ0) is 9.30. The molecular formula is C12H24. The Morgan fingerprint density at radius 2 is 1.58 bits per heavy atom. The van der Waals surface area contributed by atoms with Crippen molar-refractivity contribution in [1.82, 2.24) is 0 Å². The van der Waals surface area contributed by atoms with E-state index in [2.05, 4.69) is 34.6 Å². The Labute approximate surface area is 77.7 Å². The lowest BCUT2D eigenvalue weighted by Crippen LogP contribution is -2.19. The zero-order valence-electron chi connectivity index (χ0n) is 9.30. The summed E-state index contributed by atoms with van der Waals surface area (Å²) in [5.74, 6) is 4.73. The van der Waals surface area contributed by atoms with E-state index in [1.54, 1.807) is 0 Å². The third-order valence-corrected chi connectivity index (χ3v) is 3.91. The molecule has 0 saturated heterocycles. The van der Waals surface area contributed by atoms with Crippen LogP contribution in [0.25, 0.3) is 0 Å². The Bertz CT molecular complexity index is 137. The summed E-state index contributed by atoms with van der Waals surface area (Å²) in [6, 6.07) is 0. The monoisotopic (exact) mass is 168 g/mol. The van der Waals surface area contributed by atoms with Crippen LogP contribution in [0.4, 0.5) is 0 Å². The van der Waals surface area contributed by atoms with Crippen LogP contribution in [0.15, 0.2) is 0 Å². The van der Waals surface area contributed by atoms with Gasteiger partial charge in [0.25, 0.3) is 0 Å². The van der Waals surface area contributed by atoms with Crippen LogP contribution in [-0.4, -0.2) is 0 Å². The minimum absolute atomic E-state index is 0.864. The quantitative estimate of drug-likeness (QED) is 0.585.